The van der Waals surface area contributed by atoms with E-state index in [1.165, 1.54) is 12.1 Å². The Hall–Kier alpha value is -3.09. The first kappa shape index (κ1) is 20.2. The summed E-state index contributed by atoms with van der Waals surface area (Å²) in [5.41, 5.74) is 2.12. The van der Waals surface area contributed by atoms with Crippen LogP contribution in [0.2, 0.25) is 0 Å². The summed E-state index contributed by atoms with van der Waals surface area (Å²) in [6, 6.07) is 14.6. The molecule has 0 aromatic heterocycles. The SMILES string of the molecule is CCC(C)NC(=NCc1ccc(OC)cc1)NCc1ccc([N+](=O)[O-])cc1. The Morgan fingerprint density at radius 2 is 1.78 bits per heavy atom. The van der Waals surface area contributed by atoms with E-state index in [0.717, 1.165) is 23.3 Å². The van der Waals surface area contributed by atoms with Crippen LogP contribution in [0.15, 0.2) is 53.5 Å². The maximum absolute atomic E-state index is 10.7. The number of ether oxygens (including phenoxy) is 1. The van der Waals surface area contributed by atoms with E-state index in [2.05, 4.69) is 29.5 Å². The number of nitro benzene ring substituents is 1. The number of nitro groups is 1. The lowest BCUT2D eigenvalue weighted by Crippen LogP contribution is -2.41. The lowest BCUT2D eigenvalue weighted by Gasteiger charge is -2.17. The molecule has 1 unspecified atom stereocenters. The van der Waals surface area contributed by atoms with Crippen molar-refractivity contribution in [1.82, 2.24) is 10.6 Å². The minimum absolute atomic E-state index is 0.0878. The number of methoxy groups -OCH3 is 1. The molecule has 0 spiro atoms. The quantitative estimate of drug-likeness (QED) is 0.320. The van der Waals surface area contributed by atoms with Crippen molar-refractivity contribution in [2.24, 2.45) is 4.99 Å². The second kappa shape index (κ2) is 10.2. The number of nitrogens with one attached hydrogen (secondary N) is 2. The zero-order chi connectivity index (χ0) is 19.6. The van der Waals surface area contributed by atoms with E-state index in [1.54, 1.807) is 19.2 Å². The standard InChI is InChI=1S/C20H26N4O3/c1-4-15(2)23-20(22-14-17-7-11-19(27-3)12-8-17)21-13-16-5-9-18(10-6-16)24(25)26/h5-12,15H,4,13-14H2,1-3H3,(H2,21,22,23). The minimum Gasteiger partial charge on any atom is -0.497 e. The van der Waals surface area contributed by atoms with E-state index in [1.807, 2.05) is 24.3 Å². The van der Waals surface area contributed by atoms with E-state index >= 15 is 0 Å². The van der Waals surface area contributed by atoms with Crippen LogP contribution in [0.25, 0.3) is 0 Å². The van der Waals surface area contributed by atoms with Gasteiger partial charge in [-0.25, -0.2) is 4.99 Å². The van der Waals surface area contributed by atoms with Gasteiger partial charge >= 0.3 is 0 Å². The predicted octanol–water partition coefficient (Wildman–Crippen LogP) is 3.64. The lowest BCUT2D eigenvalue weighted by atomic mass is 10.2. The van der Waals surface area contributed by atoms with Gasteiger partial charge in [-0.2, -0.15) is 0 Å². The molecule has 0 fully saturated rings. The van der Waals surface area contributed by atoms with Gasteiger partial charge in [0.05, 0.1) is 18.6 Å². The number of hydrogen-bond donors (Lipinski definition) is 2. The molecule has 0 saturated carbocycles. The number of hydrogen-bond acceptors (Lipinski definition) is 4. The third kappa shape index (κ3) is 6.62. The second-order valence-electron chi connectivity index (χ2n) is 6.24. The highest BCUT2D eigenvalue weighted by Crippen LogP contribution is 2.13. The van der Waals surface area contributed by atoms with Crippen molar-refractivity contribution in [3.63, 3.8) is 0 Å². The second-order valence-corrected chi connectivity index (χ2v) is 6.24. The lowest BCUT2D eigenvalue weighted by molar-refractivity contribution is -0.384. The van der Waals surface area contributed by atoms with Gasteiger partial charge in [-0.05, 0) is 36.6 Å². The first-order valence-electron chi connectivity index (χ1n) is 8.93. The smallest absolute Gasteiger partial charge is 0.269 e. The number of nitrogens with zero attached hydrogens (tertiary/aromatic N) is 2. The largest absolute Gasteiger partial charge is 0.497 e. The van der Waals surface area contributed by atoms with Crippen LogP contribution in [-0.4, -0.2) is 24.0 Å². The zero-order valence-electron chi connectivity index (χ0n) is 15.9. The van der Waals surface area contributed by atoms with Crippen molar-refractivity contribution in [2.75, 3.05) is 7.11 Å². The molecule has 7 heteroatoms. The van der Waals surface area contributed by atoms with Crippen LogP contribution in [0.4, 0.5) is 5.69 Å². The molecule has 2 aromatic carbocycles. The third-order valence-electron chi connectivity index (χ3n) is 4.18. The fourth-order valence-corrected chi connectivity index (χ4v) is 2.31. The van der Waals surface area contributed by atoms with Crippen molar-refractivity contribution >= 4 is 11.6 Å². The molecule has 0 aliphatic heterocycles. The Bertz CT molecular complexity index is 758. The molecule has 0 radical (unpaired) electrons. The molecular formula is C20H26N4O3. The molecule has 0 heterocycles. The molecule has 2 rings (SSSR count). The fourth-order valence-electron chi connectivity index (χ4n) is 2.31. The van der Waals surface area contributed by atoms with Gasteiger partial charge in [-0.3, -0.25) is 10.1 Å². The average Bonchev–Trinajstić information content (AvgIpc) is 2.70. The van der Waals surface area contributed by atoms with Gasteiger partial charge in [-0.15, -0.1) is 0 Å². The Labute approximate surface area is 159 Å². The number of non-ortho nitro benzene ring substituents is 1. The molecule has 0 aliphatic rings. The van der Waals surface area contributed by atoms with Gasteiger partial charge in [-0.1, -0.05) is 31.2 Å². The molecule has 0 amide bonds. The highest BCUT2D eigenvalue weighted by atomic mass is 16.6. The topological polar surface area (TPSA) is 88.8 Å². The monoisotopic (exact) mass is 370 g/mol. The number of guanidine groups is 1. The van der Waals surface area contributed by atoms with Crippen LogP contribution in [-0.2, 0) is 13.1 Å². The Morgan fingerprint density at radius 1 is 1.15 bits per heavy atom. The van der Waals surface area contributed by atoms with E-state index in [9.17, 15) is 10.1 Å². The first-order valence-corrected chi connectivity index (χ1v) is 8.93. The van der Waals surface area contributed by atoms with Crippen LogP contribution >= 0.6 is 0 Å². The van der Waals surface area contributed by atoms with Gasteiger partial charge < -0.3 is 15.4 Å². The minimum atomic E-state index is -0.399. The van der Waals surface area contributed by atoms with Crippen molar-refractivity contribution in [1.29, 1.82) is 0 Å². The number of rotatable bonds is 8. The van der Waals surface area contributed by atoms with Crippen molar-refractivity contribution in [3.8, 4) is 5.75 Å². The molecule has 1 atom stereocenters. The van der Waals surface area contributed by atoms with Crippen LogP contribution < -0.4 is 15.4 Å². The van der Waals surface area contributed by atoms with E-state index in [-0.39, 0.29) is 11.7 Å². The van der Waals surface area contributed by atoms with Gasteiger partial charge in [0, 0.05) is 24.7 Å². The molecule has 0 bridgehead atoms. The van der Waals surface area contributed by atoms with Crippen molar-refractivity contribution in [2.45, 2.75) is 39.4 Å². The molecule has 2 N–H and O–H groups in total. The maximum Gasteiger partial charge on any atom is 0.269 e. The molecule has 27 heavy (non-hydrogen) atoms. The maximum atomic E-state index is 10.7. The van der Waals surface area contributed by atoms with E-state index in [4.69, 9.17) is 4.74 Å². The Balaban J connectivity index is 2.02. The van der Waals surface area contributed by atoms with Gasteiger partial charge in [0.15, 0.2) is 5.96 Å². The molecular weight excluding hydrogens is 344 g/mol. The summed E-state index contributed by atoms with van der Waals surface area (Å²) in [6.07, 6.45) is 0.973. The molecule has 144 valence electrons. The van der Waals surface area contributed by atoms with Crippen LogP contribution in [0.3, 0.4) is 0 Å². The predicted molar refractivity (Wildman–Crippen MR) is 107 cm³/mol. The molecule has 7 nitrogen and oxygen atoms in total. The highest BCUT2D eigenvalue weighted by Gasteiger charge is 2.06. The summed E-state index contributed by atoms with van der Waals surface area (Å²) >= 11 is 0. The average molecular weight is 370 g/mol. The van der Waals surface area contributed by atoms with Gasteiger partial charge in [0.1, 0.15) is 5.75 Å². The van der Waals surface area contributed by atoms with E-state index in [0.29, 0.717) is 19.0 Å². The normalized spacial score (nSPS) is 12.3. The van der Waals surface area contributed by atoms with Crippen LogP contribution in [0.5, 0.6) is 5.75 Å². The first-order chi connectivity index (χ1) is 13.0. The number of benzene rings is 2. The van der Waals surface area contributed by atoms with Crippen LogP contribution in [0.1, 0.15) is 31.4 Å². The fraction of sp³-hybridized carbons (Fsp3) is 0.350. The summed E-state index contributed by atoms with van der Waals surface area (Å²) in [5.74, 6) is 1.52. The number of aliphatic imine (C=N–C) groups is 1. The third-order valence-corrected chi connectivity index (χ3v) is 4.18. The van der Waals surface area contributed by atoms with Crippen LogP contribution in [0, 0.1) is 10.1 Å². The van der Waals surface area contributed by atoms with Gasteiger partial charge in [0.25, 0.3) is 5.69 Å². The summed E-state index contributed by atoms with van der Waals surface area (Å²) in [5, 5.41) is 17.4. The van der Waals surface area contributed by atoms with Crippen molar-refractivity contribution < 1.29 is 9.66 Å². The van der Waals surface area contributed by atoms with E-state index < -0.39 is 4.92 Å². The Morgan fingerprint density at radius 3 is 2.33 bits per heavy atom. The zero-order valence-corrected chi connectivity index (χ0v) is 15.9. The summed E-state index contributed by atoms with van der Waals surface area (Å²) in [7, 11) is 1.64. The molecule has 0 saturated heterocycles. The Kier molecular flexibility index (Phi) is 7.61. The molecule has 2 aromatic rings. The molecule has 0 aliphatic carbocycles. The summed E-state index contributed by atoms with van der Waals surface area (Å²) < 4.78 is 5.17. The summed E-state index contributed by atoms with van der Waals surface area (Å²) in [6.45, 7) is 5.27. The summed E-state index contributed by atoms with van der Waals surface area (Å²) in [4.78, 5) is 15.0. The highest BCUT2D eigenvalue weighted by molar-refractivity contribution is 5.80. The van der Waals surface area contributed by atoms with Gasteiger partial charge in [0.2, 0.25) is 0 Å². The van der Waals surface area contributed by atoms with Crippen molar-refractivity contribution in [3.05, 3.63) is 69.8 Å².